The summed E-state index contributed by atoms with van der Waals surface area (Å²) in [7, 11) is 1.35. The van der Waals surface area contributed by atoms with Crippen molar-refractivity contribution in [2.75, 3.05) is 17.3 Å². The Hall–Kier alpha value is -2.04. The lowest BCUT2D eigenvalue weighted by Crippen LogP contribution is -2.56. The van der Waals surface area contributed by atoms with Crippen LogP contribution in [0.4, 0.5) is 11.4 Å². The lowest BCUT2D eigenvalue weighted by Gasteiger charge is -2.42. The second-order valence-corrected chi connectivity index (χ2v) is 5.74. The molecule has 0 atom stereocenters. The minimum Gasteiger partial charge on any atom is -0.465 e. The fraction of sp³-hybridized carbons (Fsp3) is 0.467. The van der Waals surface area contributed by atoms with Crippen LogP contribution in [0.3, 0.4) is 0 Å². The van der Waals surface area contributed by atoms with Crippen molar-refractivity contribution in [3.8, 4) is 0 Å². The van der Waals surface area contributed by atoms with Crippen LogP contribution in [0.5, 0.6) is 0 Å². The van der Waals surface area contributed by atoms with E-state index < -0.39 is 5.54 Å². The minimum atomic E-state index is -0.702. The standard InChI is InChI=1S/C15H20N2O3/c1-9(2)17-12-7-6-10(13(18)20-5)8-11(12)16-15(3,4)14(17)19/h6-9,16H,1-5H3. The molecular weight excluding hydrogens is 256 g/mol. The molecule has 0 saturated carbocycles. The molecule has 108 valence electrons. The summed E-state index contributed by atoms with van der Waals surface area (Å²) < 4.78 is 4.73. The number of methoxy groups -OCH3 is 1. The maximum Gasteiger partial charge on any atom is 0.337 e. The number of anilines is 2. The molecule has 1 aliphatic rings. The zero-order valence-corrected chi connectivity index (χ0v) is 12.5. The van der Waals surface area contributed by atoms with Crippen LogP contribution in [0.2, 0.25) is 0 Å². The number of amides is 1. The number of nitrogens with one attached hydrogen (secondary N) is 1. The van der Waals surface area contributed by atoms with E-state index in [0.29, 0.717) is 5.56 Å². The van der Waals surface area contributed by atoms with E-state index in [1.165, 1.54) is 7.11 Å². The number of hydrogen-bond acceptors (Lipinski definition) is 4. The van der Waals surface area contributed by atoms with Gasteiger partial charge < -0.3 is 15.0 Å². The summed E-state index contributed by atoms with van der Waals surface area (Å²) in [5.41, 5.74) is 1.32. The van der Waals surface area contributed by atoms with Crippen molar-refractivity contribution in [3.05, 3.63) is 23.8 Å². The molecule has 5 nitrogen and oxygen atoms in total. The van der Waals surface area contributed by atoms with E-state index in [4.69, 9.17) is 4.74 Å². The Kier molecular flexibility index (Phi) is 3.46. The van der Waals surface area contributed by atoms with Gasteiger partial charge in [-0.15, -0.1) is 0 Å². The molecule has 0 fully saturated rings. The van der Waals surface area contributed by atoms with Crippen molar-refractivity contribution in [1.29, 1.82) is 0 Å². The first kappa shape index (κ1) is 14.4. The monoisotopic (exact) mass is 276 g/mol. The number of hydrogen-bond donors (Lipinski definition) is 1. The zero-order valence-electron chi connectivity index (χ0n) is 12.5. The Morgan fingerprint density at radius 1 is 1.35 bits per heavy atom. The number of carbonyl (C=O) groups is 2. The van der Waals surface area contributed by atoms with Crippen molar-refractivity contribution < 1.29 is 14.3 Å². The lowest BCUT2D eigenvalue weighted by molar-refractivity contribution is -0.122. The average molecular weight is 276 g/mol. The molecule has 1 aromatic rings. The van der Waals surface area contributed by atoms with E-state index >= 15 is 0 Å². The highest BCUT2D eigenvalue weighted by Gasteiger charge is 2.39. The van der Waals surface area contributed by atoms with Crippen LogP contribution >= 0.6 is 0 Å². The third kappa shape index (κ3) is 2.24. The molecule has 0 spiro atoms. The van der Waals surface area contributed by atoms with Crippen molar-refractivity contribution in [2.45, 2.75) is 39.3 Å². The summed E-state index contributed by atoms with van der Waals surface area (Å²) >= 11 is 0. The Labute approximate surface area is 118 Å². The van der Waals surface area contributed by atoms with E-state index in [1.54, 1.807) is 23.1 Å². The van der Waals surface area contributed by atoms with Gasteiger partial charge in [0, 0.05) is 6.04 Å². The third-order valence-corrected chi connectivity index (χ3v) is 3.39. The molecule has 0 saturated heterocycles. The minimum absolute atomic E-state index is 0.0193. The quantitative estimate of drug-likeness (QED) is 0.843. The van der Waals surface area contributed by atoms with Crippen molar-refractivity contribution in [3.63, 3.8) is 0 Å². The van der Waals surface area contributed by atoms with Crippen LogP contribution in [0.1, 0.15) is 38.1 Å². The van der Waals surface area contributed by atoms with Crippen LogP contribution < -0.4 is 10.2 Å². The normalized spacial score (nSPS) is 16.7. The van der Waals surface area contributed by atoms with Gasteiger partial charge in [-0.1, -0.05) is 0 Å². The number of carbonyl (C=O) groups excluding carboxylic acids is 2. The Bertz CT molecular complexity index is 564. The molecule has 0 unspecified atom stereocenters. The first-order valence-corrected chi connectivity index (χ1v) is 6.62. The van der Waals surface area contributed by atoms with Gasteiger partial charge in [0.25, 0.3) is 5.91 Å². The lowest BCUT2D eigenvalue weighted by atomic mass is 9.96. The molecule has 1 aromatic carbocycles. The van der Waals surface area contributed by atoms with Crippen LogP contribution in [0.15, 0.2) is 18.2 Å². The largest absolute Gasteiger partial charge is 0.465 e. The Morgan fingerprint density at radius 2 is 2.00 bits per heavy atom. The first-order chi connectivity index (χ1) is 9.27. The topological polar surface area (TPSA) is 58.6 Å². The molecule has 2 rings (SSSR count). The van der Waals surface area contributed by atoms with E-state index in [0.717, 1.165) is 11.4 Å². The summed E-state index contributed by atoms with van der Waals surface area (Å²) in [5, 5.41) is 3.19. The molecule has 20 heavy (non-hydrogen) atoms. The molecule has 5 heteroatoms. The number of rotatable bonds is 2. The van der Waals surface area contributed by atoms with Gasteiger partial charge in [0.05, 0.1) is 24.0 Å². The van der Waals surface area contributed by atoms with Gasteiger partial charge in [0.1, 0.15) is 5.54 Å². The highest BCUT2D eigenvalue weighted by molar-refractivity contribution is 6.08. The molecule has 0 aliphatic carbocycles. The highest BCUT2D eigenvalue weighted by atomic mass is 16.5. The Balaban J connectivity index is 2.54. The second-order valence-electron chi connectivity index (χ2n) is 5.74. The smallest absolute Gasteiger partial charge is 0.337 e. The van der Waals surface area contributed by atoms with E-state index in [-0.39, 0.29) is 17.9 Å². The van der Waals surface area contributed by atoms with E-state index in [2.05, 4.69) is 5.32 Å². The first-order valence-electron chi connectivity index (χ1n) is 6.62. The highest BCUT2D eigenvalue weighted by Crippen LogP contribution is 2.37. The second kappa shape index (κ2) is 4.81. The van der Waals surface area contributed by atoms with Gasteiger partial charge in [0.2, 0.25) is 0 Å². The average Bonchev–Trinajstić information content (AvgIpc) is 2.37. The third-order valence-electron chi connectivity index (χ3n) is 3.39. The van der Waals surface area contributed by atoms with Gasteiger partial charge in [0.15, 0.2) is 0 Å². The van der Waals surface area contributed by atoms with Crippen molar-refractivity contribution in [1.82, 2.24) is 0 Å². The molecule has 0 radical (unpaired) electrons. The Morgan fingerprint density at radius 3 is 2.55 bits per heavy atom. The van der Waals surface area contributed by atoms with Gasteiger partial charge in [-0.3, -0.25) is 4.79 Å². The van der Waals surface area contributed by atoms with Gasteiger partial charge in [-0.05, 0) is 45.9 Å². The van der Waals surface area contributed by atoms with Gasteiger partial charge in [-0.25, -0.2) is 4.79 Å². The van der Waals surface area contributed by atoms with Crippen LogP contribution in [0, 0.1) is 0 Å². The van der Waals surface area contributed by atoms with Crippen molar-refractivity contribution >= 4 is 23.3 Å². The number of nitrogens with zero attached hydrogens (tertiary/aromatic N) is 1. The molecule has 1 aliphatic heterocycles. The summed E-state index contributed by atoms with van der Waals surface area (Å²) in [6, 6.07) is 5.23. The number of ether oxygens (including phenoxy) is 1. The van der Waals surface area contributed by atoms with E-state index in [9.17, 15) is 9.59 Å². The fourth-order valence-corrected chi connectivity index (χ4v) is 2.40. The predicted molar refractivity (Wildman–Crippen MR) is 78.1 cm³/mol. The predicted octanol–water partition coefficient (Wildman–Crippen LogP) is 2.42. The summed E-state index contributed by atoms with van der Waals surface area (Å²) in [4.78, 5) is 25.9. The fourth-order valence-electron chi connectivity index (χ4n) is 2.40. The van der Waals surface area contributed by atoms with Crippen LogP contribution in [-0.2, 0) is 9.53 Å². The number of esters is 1. The summed E-state index contributed by atoms with van der Waals surface area (Å²) in [6.45, 7) is 7.60. The van der Waals surface area contributed by atoms with E-state index in [1.807, 2.05) is 27.7 Å². The number of benzene rings is 1. The summed E-state index contributed by atoms with van der Waals surface area (Å²) in [6.07, 6.45) is 0. The molecule has 1 N–H and O–H groups in total. The van der Waals surface area contributed by atoms with Gasteiger partial charge >= 0.3 is 5.97 Å². The summed E-state index contributed by atoms with van der Waals surface area (Å²) in [5.74, 6) is -0.369. The molecular formula is C15H20N2O3. The SMILES string of the molecule is COC(=O)c1ccc2c(c1)NC(C)(C)C(=O)N2C(C)C. The van der Waals surface area contributed by atoms with Crippen molar-refractivity contribution in [2.24, 2.45) is 0 Å². The zero-order chi connectivity index (χ0) is 15.1. The molecule has 0 aromatic heterocycles. The maximum absolute atomic E-state index is 12.5. The van der Waals surface area contributed by atoms with Crippen LogP contribution in [-0.4, -0.2) is 30.6 Å². The molecule has 1 heterocycles. The maximum atomic E-state index is 12.5. The van der Waals surface area contributed by atoms with Crippen LogP contribution in [0.25, 0.3) is 0 Å². The number of fused-ring (bicyclic) bond motifs is 1. The van der Waals surface area contributed by atoms with Gasteiger partial charge in [-0.2, -0.15) is 0 Å². The molecule has 0 bridgehead atoms. The molecule has 1 amide bonds.